The SMILES string of the molecule is CC(NC1(C)N=C(C(=O)N2CCC(F)C2)c2sccc2N1)c1cccnc1. The molecule has 2 aliphatic rings. The molecule has 3 atom stereocenters. The number of halogens is 1. The van der Waals surface area contributed by atoms with E-state index in [0.29, 0.717) is 18.7 Å². The number of likely N-dealkylation sites (tertiary alicyclic amines) is 1. The van der Waals surface area contributed by atoms with E-state index in [1.807, 2.05) is 37.4 Å². The number of thiophene rings is 1. The summed E-state index contributed by atoms with van der Waals surface area (Å²) in [6.45, 7) is 4.50. The van der Waals surface area contributed by atoms with Crippen LogP contribution in [-0.4, -0.2) is 46.6 Å². The van der Waals surface area contributed by atoms with Crippen LogP contribution >= 0.6 is 11.3 Å². The zero-order valence-corrected chi connectivity index (χ0v) is 16.1. The Kier molecular flexibility index (Phi) is 4.69. The molecule has 142 valence electrons. The highest BCUT2D eigenvalue weighted by Crippen LogP contribution is 2.33. The summed E-state index contributed by atoms with van der Waals surface area (Å²) in [6.07, 6.45) is 2.98. The average molecular weight is 387 g/mol. The number of hydrogen-bond donors (Lipinski definition) is 2. The molecule has 0 aromatic carbocycles. The number of amides is 1. The first-order chi connectivity index (χ1) is 13.0. The fraction of sp³-hybridized carbons (Fsp3) is 0.421. The van der Waals surface area contributed by atoms with Crippen LogP contribution in [0.4, 0.5) is 10.1 Å². The molecule has 0 bridgehead atoms. The average Bonchev–Trinajstić information content (AvgIpc) is 3.29. The largest absolute Gasteiger partial charge is 0.348 e. The van der Waals surface area contributed by atoms with Gasteiger partial charge in [0.05, 0.1) is 17.1 Å². The van der Waals surface area contributed by atoms with Gasteiger partial charge < -0.3 is 10.2 Å². The highest BCUT2D eigenvalue weighted by atomic mass is 32.1. The second-order valence-corrected chi connectivity index (χ2v) is 8.03. The van der Waals surface area contributed by atoms with Gasteiger partial charge in [0.2, 0.25) is 0 Å². The van der Waals surface area contributed by atoms with Gasteiger partial charge in [0.1, 0.15) is 11.9 Å². The molecule has 1 amide bonds. The third-order valence-electron chi connectivity index (χ3n) is 4.90. The number of carbonyl (C=O) groups is 1. The maximum Gasteiger partial charge on any atom is 0.273 e. The molecule has 8 heteroatoms. The molecule has 6 nitrogen and oxygen atoms in total. The van der Waals surface area contributed by atoms with Crippen LogP contribution < -0.4 is 10.6 Å². The molecule has 0 aliphatic carbocycles. The Bertz CT molecular complexity index is 870. The number of alkyl halides is 1. The van der Waals surface area contributed by atoms with Crippen molar-refractivity contribution in [2.45, 2.75) is 38.3 Å². The van der Waals surface area contributed by atoms with E-state index < -0.39 is 12.0 Å². The molecule has 2 N–H and O–H groups in total. The Morgan fingerprint density at radius 1 is 1.52 bits per heavy atom. The zero-order chi connectivity index (χ0) is 19.0. The van der Waals surface area contributed by atoms with Crippen molar-refractivity contribution in [3.05, 3.63) is 46.4 Å². The van der Waals surface area contributed by atoms with Crippen molar-refractivity contribution in [1.82, 2.24) is 15.2 Å². The summed E-state index contributed by atoms with van der Waals surface area (Å²) in [7, 11) is 0. The molecule has 2 aliphatic heterocycles. The Morgan fingerprint density at radius 2 is 2.37 bits per heavy atom. The number of aromatic nitrogens is 1. The van der Waals surface area contributed by atoms with Gasteiger partial charge in [-0.15, -0.1) is 11.3 Å². The minimum absolute atomic E-state index is 0.0292. The van der Waals surface area contributed by atoms with Crippen LogP contribution in [0, 0.1) is 0 Å². The smallest absolute Gasteiger partial charge is 0.273 e. The van der Waals surface area contributed by atoms with Crippen LogP contribution in [0.2, 0.25) is 0 Å². The lowest BCUT2D eigenvalue weighted by molar-refractivity contribution is -0.123. The van der Waals surface area contributed by atoms with Gasteiger partial charge >= 0.3 is 0 Å². The van der Waals surface area contributed by atoms with E-state index in [4.69, 9.17) is 4.99 Å². The van der Waals surface area contributed by atoms with Crippen molar-refractivity contribution in [1.29, 1.82) is 0 Å². The number of rotatable bonds is 4. The molecule has 1 fully saturated rings. The minimum Gasteiger partial charge on any atom is -0.348 e. The summed E-state index contributed by atoms with van der Waals surface area (Å²) in [5.74, 6) is -1.06. The minimum atomic E-state index is -0.950. The van der Waals surface area contributed by atoms with Crippen LogP contribution in [0.15, 0.2) is 41.0 Å². The van der Waals surface area contributed by atoms with Crippen molar-refractivity contribution >= 4 is 28.6 Å². The van der Waals surface area contributed by atoms with Crippen molar-refractivity contribution in [3.63, 3.8) is 0 Å². The number of aliphatic imine (C=N–C) groups is 1. The molecule has 3 unspecified atom stereocenters. The van der Waals surface area contributed by atoms with E-state index in [9.17, 15) is 9.18 Å². The summed E-state index contributed by atoms with van der Waals surface area (Å²) in [5.41, 5.74) is 2.28. The highest BCUT2D eigenvalue weighted by molar-refractivity contribution is 7.13. The van der Waals surface area contributed by atoms with Gasteiger partial charge in [-0.3, -0.25) is 15.1 Å². The van der Waals surface area contributed by atoms with Gasteiger partial charge in [-0.25, -0.2) is 9.38 Å². The number of hydrogen-bond acceptors (Lipinski definition) is 6. The lowest BCUT2D eigenvalue weighted by Crippen LogP contribution is -2.52. The summed E-state index contributed by atoms with van der Waals surface area (Å²) >= 11 is 1.47. The predicted molar refractivity (Wildman–Crippen MR) is 105 cm³/mol. The van der Waals surface area contributed by atoms with E-state index in [-0.39, 0.29) is 18.5 Å². The lowest BCUT2D eigenvalue weighted by atomic mass is 10.1. The second-order valence-electron chi connectivity index (χ2n) is 7.11. The van der Waals surface area contributed by atoms with Crippen molar-refractivity contribution in [2.24, 2.45) is 4.99 Å². The number of nitrogens with zero attached hydrogens (tertiary/aromatic N) is 3. The van der Waals surface area contributed by atoms with Gasteiger partial charge in [0.15, 0.2) is 5.79 Å². The van der Waals surface area contributed by atoms with Crippen LogP contribution in [-0.2, 0) is 4.79 Å². The van der Waals surface area contributed by atoms with Gasteiger partial charge in [0.25, 0.3) is 5.91 Å². The molecule has 0 radical (unpaired) electrons. The van der Waals surface area contributed by atoms with Crippen molar-refractivity contribution < 1.29 is 9.18 Å². The van der Waals surface area contributed by atoms with E-state index in [1.54, 1.807) is 17.3 Å². The van der Waals surface area contributed by atoms with Crippen molar-refractivity contribution in [3.8, 4) is 0 Å². The molecule has 0 spiro atoms. The van der Waals surface area contributed by atoms with Crippen LogP contribution in [0.25, 0.3) is 0 Å². The summed E-state index contributed by atoms with van der Waals surface area (Å²) < 4.78 is 13.6. The molecule has 2 aromatic heterocycles. The van der Waals surface area contributed by atoms with E-state index in [2.05, 4.69) is 15.6 Å². The van der Waals surface area contributed by atoms with Gasteiger partial charge in [0, 0.05) is 25.0 Å². The normalized spacial score (nSPS) is 25.5. The molecule has 1 saturated heterocycles. The monoisotopic (exact) mass is 387 g/mol. The quantitative estimate of drug-likeness (QED) is 0.846. The maximum absolute atomic E-state index is 13.6. The zero-order valence-electron chi connectivity index (χ0n) is 15.3. The lowest BCUT2D eigenvalue weighted by Gasteiger charge is -2.36. The summed E-state index contributed by atoms with van der Waals surface area (Å²) in [6, 6.07) is 5.80. The Morgan fingerprint density at radius 3 is 3.07 bits per heavy atom. The Labute approximate surface area is 161 Å². The van der Waals surface area contributed by atoms with E-state index in [1.165, 1.54) is 11.3 Å². The van der Waals surface area contributed by atoms with E-state index >= 15 is 0 Å². The molecule has 4 rings (SSSR count). The van der Waals surface area contributed by atoms with Gasteiger partial charge in [-0.1, -0.05) is 6.07 Å². The highest BCUT2D eigenvalue weighted by Gasteiger charge is 2.37. The molecular weight excluding hydrogens is 365 g/mol. The first-order valence-corrected chi connectivity index (χ1v) is 9.90. The third-order valence-corrected chi connectivity index (χ3v) is 5.82. The molecule has 27 heavy (non-hydrogen) atoms. The van der Waals surface area contributed by atoms with Crippen LogP contribution in [0.5, 0.6) is 0 Å². The number of pyridine rings is 1. The second kappa shape index (κ2) is 7.01. The number of nitrogens with one attached hydrogen (secondary N) is 2. The Hall–Kier alpha value is -2.32. The summed E-state index contributed by atoms with van der Waals surface area (Å²) in [5, 5.41) is 8.76. The first kappa shape index (κ1) is 18.1. The fourth-order valence-electron chi connectivity index (χ4n) is 3.56. The molecule has 0 saturated carbocycles. The number of carbonyl (C=O) groups excluding carboxylic acids is 1. The van der Waals surface area contributed by atoms with Crippen LogP contribution in [0.1, 0.15) is 36.8 Å². The molecular formula is C19H22FN5OS. The van der Waals surface area contributed by atoms with Crippen LogP contribution in [0.3, 0.4) is 0 Å². The molecule has 4 heterocycles. The number of anilines is 1. The van der Waals surface area contributed by atoms with E-state index in [0.717, 1.165) is 16.1 Å². The third kappa shape index (κ3) is 3.59. The first-order valence-electron chi connectivity index (χ1n) is 9.02. The fourth-order valence-corrected chi connectivity index (χ4v) is 4.39. The standard InChI is InChI=1S/C19H22FN5OS/c1-12(13-4-3-7-21-10-13)22-19(2)23-15-6-9-27-17(15)16(24-19)18(26)25-8-5-14(20)11-25/h3-4,6-7,9-10,12,14,22-23H,5,8,11H2,1-2H3. The van der Waals surface area contributed by atoms with Crippen molar-refractivity contribution in [2.75, 3.05) is 18.4 Å². The molecule has 2 aromatic rings. The topological polar surface area (TPSA) is 69.6 Å². The Balaban J connectivity index is 1.62. The van der Waals surface area contributed by atoms with Gasteiger partial charge in [-0.2, -0.15) is 0 Å². The summed E-state index contributed by atoms with van der Waals surface area (Å²) in [4.78, 5) is 24.3. The van der Waals surface area contributed by atoms with Gasteiger partial charge in [-0.05, 0) is 43.3 Å². The maximum atomic E-state index is 13.6. The number of fused-ring (bicyclic) bond motifs is 1. The predicted octanol–water partition coefficient (Wildman–Crippen LogP) is 2.95.